The minimum atomic E-state index is -0.850. The molecule has 3 aliphatic rings. The number of piperazine rings is 1. The Bertz CT molecular complexity index is 1520. The van der Waals surface area contributed by atoms with E-state index in [1.807, 2.05) is 12.1 Å². The molecule has 4 aromatic rings. The van der Waals surface area contributed by atoms with Crippen LogP contribution in [0.2, 0.25) is 0 Å². The van der Waals surface area contributed by atoms with Crippen molar-refractivity contribution in [1.29, 1.82) is 0 Å². The second-order valence-electron chi connectivity index (χ2n) is 11.8. The van der Waals surface area contributed by atoms with Gasteiger partial charge in [0.1, 0.15) is 0 Å². The third-order valence-corrected chi connectivity index (χ3v) is 9.37. The SMILES string of the molecule is CN1CCN(Cc2cn3c4c(cccc24)-c2c(C4CCCCC4)c4ccc(C(=O)O)cc4n2CCC3)CC1. The second-order valence-corrected chi connectivity index (χ2v) is 11.8. The molecule has 0 atom stereocenters. The summed E-state index contributed by atoms with van der Waals surface area (Å²) in [6.07, 6.45) is 9.77. The highest BCUT2D eigenvalue weighted by molar-refractivity contribution is 6.03. The van der Waals surface area contributed by atoms with Gasteiger partial charge in [-0.05, 0) is 55.5 Å². The molecule has 0 spiro atoms. The first-order valence-corrected chi connectivity index (χ1v) is 14.5. The Hall–Kier alpha value is -3.09. The van der Waals surface area contributed by atoms with Crippen LogP contribution >= 0.6 is 0 Å². The molecule has 198 valence electrons. The molecule has 0 amide bonds. The molecule has 0 radical (unpaired) electrons. The fourth-order valence-corrected chi connectivity index (χ4v) is 7.41. The number of benzene rings is 2. The third kappa shape index (κ3) is 3.97. The van der Waals surface area contributed by atoms with Crippen molar-refractivity contribution in [3.63, 3.8) is 0 Å². The molecule has 1 saturated heterocycles. The zero-order chi connectivity index (χ0) is 25.8. The summed E-state index contributed by atoms with van der Waals surface area (Å²) in [6.45, 7) is 7.39. The van der Waals surface area contributed by atoms with Crippen LogP contribution in [0.15, 0.2) is 42.6 Å². The van der Waals surface area contributed by atoms with Gasteiger partial charge in [-0.3, -0.25) is 4.90 Å². The summed E-state index contributed by atoms with van der Waals surface area (Å²) in [5.74, 6) is -0.321. The minimum Gasteiger partial charge on any atom is -0.478 e. The Balaban J connectivity index is 1.44. The summed E-state index contributed by atoms with van der Waals surface area (Å²) < 4.78 is 4.99. The molecule has 2 aliphatic heterocycles. The van der Waals surface area contributed by atoms with E-state index in [2.05, 4.69) is 56.4 Å². The molecular weight excluding hydrogens is 472 g/mol. The van der Waals surface area contributed by atoms with Crippen molar-refractivity contribution in [3.05, 3.63) is 59.3 Å². The third-order valence-electron chi connectivity index (χ3n) is 9.37. The van der Waals surface area contributed by atoms with Gasteiger partial charge in [0.2, 0.25) is 0 Å². The minimum absolute atomic E-state index is 0.381. The number of carboxylic acid groups (broad SMARTS) is 1. The van der Waals surface area contributed by atoms with Crippen molar-refractivity contribution in [2.75, 3.05) is 33.2 Å². The summed E-state index contributed by atoms with van der Waals surface area (Å²) in [5.41, 5.74) is 8.38. The van der Waals surface area contributed by atoms with Crippen LogP contribution in [0.5, 0.6) is 0 Å². The first-order chi connectivity index (χ1) is 18.6. The van der Waals surface area contributed by atoms with Gasteiger partial charge in [-0.2, -0.15) is 0 Å². The van der Waals surface area contributed by atoms with Crippen molar-refractivity contribution in [1.82, 2.24) is 18.9 Å². The van der Waals surface area contributed by atoms with E-state index >= 15 is 0 Å². The van der Waals surface area contributed by atoms with Gasteiger partial charge in [0, 0.05) is 73.9 Å². The lowest BCUT2D eigenvalue weighted by Crippen LogP contribution is -2.43. The van der Waals surface area contributed by atoms with Gasteiger partial charge in [0.05, 0.1) is 16.8 Å². The molecule has 2 fully saturated rings. The van der Waals surface area contributed by atoms with Crippen LogP contribution in [-0.2, 0) is 19.6 Å². The first-order valence-electron chi connectivity index (χ1n) is 14.5. The number of rotatable bonds is 4. The number of carboxylic acids is 1. The van der Waals surface area contributed by atoms with Crippen molar-refractivity contribution < 1.29 is 9.90 Å². The summed E-state index contributed by atoms with van der Waals surface area (Å²) >= 11 is 0. The number of likely N-dealkylation sites (N-methyl/N-ethyl adjacent to an activating group) is 1. The van der Waals surface area contributed by atoms with E-state index in [9.17, 15) is 9.90 Å². The van der Waals surface area contributed by atoms with Crippen LogP contribution in [0.4, 0.5) is 0 Å². The van der Waals surface area contributed by atoms with Crippen molar-refractivity contribution in [3.8, 4) is 11.3 Å². The largest absolute Gasteiger partial charge is 0.478 e. The molecule has 6 nitrogen and oxygen atoms in total. The van der Waals surface area contributed by atoms with Crippen molar-refractivity contribution in [2.24, 2.45) is 0 Å². The molecule has 38 heavy (non-hydrogen) atoms. The molecule has 1 N–H and O–H groups in total. The predicted octanol–water partition coefficient (Wildman–Crippen LogP) is 6.16. The number of hydrogen-bond acceptors (Lipinski definition) is 3. The standard InChI is InChI=1S/C32H38N4O2/c1-33-15-17-34(18-16-33)20-24-21-35-13-6-14-36-28-19-23(32(37)38)11-12-26(28)29(22-7-3-2-4-8-22)31(36)27-10-5-9-25(24)30(27)35/h5,9-12,19,21-22H,2-4,6-8,13-18,20H2,1H3,(H,37,38). The van der Waals surface area contributed by atoms with Crippen molar-refractivity contribution in [2.45, 2.75) is 64.1 Å². The number of nitrogens with zero attached hydrogens (tertiary/aromatic N) is 4. The predicted molar refractivity (Wildman–Crippen MR) is 153 cm³/mol. The number of aryl methyl sites for hydroxylation is 2. The van der Waals surface area contributed by atoms with E-state index < -0.39 is 5.97 Å². The number of fused-ring (bicyclic) bond motifs is 4. The Morgan fingerprint density at radius 1 is 0.921 bits per heavy atom. The number of aromatic carboxylic acids is 1. The van der Waals surface area contributed by atoms with Crippen LogP contribution in [0.25, 0.3) is 33.1 Å². The topological polar surface area (TPSA) is 53.6 Å². The van der Waals surface area contributed by atoms with Gasteiger partial charge in [-0.25, -0.2) is 4.79 Å². The average Bonchev–Trinajstić information content (AvgIpc) is 3.44. The molecule has 0 unspecified atom stereocenters. The molecule has 2 aromatic heterocycles. The fourth-order valence-electron chi connectivity index (χ4n) is 7.41. The van der Waals surface area contributed by atoms with Gasteiger partial charge in [-0.15, -0.1) is 0 Å². The zero-order valence-corrected chi connectivity index (χ0v) is 22.5. The number of hydrogen-bond donors (Lipinski definition) is 1. The van der Waals surface area contributed by atoms with Crippen LogP contribution in [0.1, 0.15) is 65.9 Å². The van der Waals surface area contributed by atoms with Crippen LogP contribution in [-0.4, -0.2) is 63.2 Å². The van der Waals surface area contributed by atoms with Gasteiger partial charge < -0.3 is 19.1 Å². The van der Waals surface area contributed by atoms with Gasteiger partial charge in [0.15, 0.2) is 0 Å². The van der Waals surface area contributed by atoms with E-state index in [-0.39, 0.29) is 0 Å². The quantitative estimate of drug-likeness (QED) is 0.357. The first kappa shape index (κ1) is 24.0. The Morgan fingerprint density at radius 2 is 1.74 bits per heavy atom. The van der Waals surface area contributed by atoms with Gasteiger partial charge in [-0.1, -0.05) is 43.5 Å². The Labute approximate surface area is 224 Å². The highest BCUT2D eigenvalue weighted by Gasteiger charge is 2.30. The number of aromatic nitrogens is 2. The van der Waals surface area contributed by atoms with E-state index in [0.29, 0.717) is 11.5 Å². The lowest BCUT2D eigenvalue weighted by atomic mass is 9.81. The maximum absolute atomic E-state index is 11.9. The average molecular weight is 511 g/mol. The normalized spacial score (nSPS) is 19.5. The highest BCUT2D eigenvalue weighted by atomic mass is 16.4. The smallest absolute Gasteiger partial charge is 0.335 e. The molecule has 0 bridgehead atoms. The summed E-state index contributed by atoms with van der Waals surface area (Å²) in [6, 6.07) is 12.7. The maximum atomic E-state index is 11.9. The molecule has 6 heteroatoms. The second kappa shape index (κ2) is 9.58. The van der Waals surface area contributed by atoms with Gasteiger partial charge in [0.25, 0.3) is 0 Å². The highest BCUT2D eigenvalue weighted by Crippen LogP contribution is 2.47. The van der Waals surface area contributed by atoms with Crippen molar-refractivity contribution >= 4 is 27.8 Å². The molecule has 2 aromatic carbocycles. The molecule has 4 heterocycles. The summed E-state index contributed by atoms with van der Waals surface area (Å²) in [7, 11) is 2.22. The number of para-hydroxylation sites is 1. The fraction of sp³-hybridized carbons (Fsp3) is 0.469. The Morgan fingerprint density at radius 3 is 2.53 bits per heavy atom. The summed E-state index contributed by atoms with van der Waals surface area (Å²) in [5, 5.41) is 12.4. The van der Waals surface area contributed by atoms with Crippen LogP contribution < -0.4 is 0 Å². The molecule has 1 aliphatic carbocycles. The van der Waals surface area contributed by atoms with E-state index in [4.69, 9.17) is 0 Å². The van der Waals surface area contributed by atoms with E-state index in [1.54, 1.807) is 0 Å². The van der Waals surface area contributed by atoms with E-state index in [0.717, 1.165) is 57.8 Å². The van der Waals surface area contributed by atoms with E-state index in [1.165, 1.54) is 70.8 Å². The lowest BCUT2D eigenvalue weighted by Gasteiger charge is -2.32. The monoisotopic (exact) mass is 510 g/mol. The molecule has 7 rings (SSSR count). The van der Waals surface area contributed by atoms with Gasteiger partial charge >= 0.3 is 5.97 Å². The summed E-state index contributed by atoms with van der Waals surface area (Å²) in [4.78, 5) is 16.9. The maximum Gasteiger partial charge on any atom is 0.335 e. The molecule has 1 saturated carbocycles. The van der Waals surface area contributed by atoms with Crippen LogP contribution in [0, 0.1) is 0 Å². The number of carbonyl (C=O) groups is 1. The molecular formula is C32H38N4O2. The zero-order valence-electron chi connectivity index (χ0n) is 22.5. The lowest BCUT2D eigenvalue weighted by molar-refractivity contribution is 0.0697. The Kier molecular flexibility index (Phi) is 6.05. The van der Waals surface area contributed by atoms with Crippen LogP contribution in [0.3, 0.4) is 0 Å².